The van der Waals surface area contributed by atoms with Crippen molar-refractivity contribution in [1.29, 1.82) is 0 Å². The maximum absolute atomic E-state index is 12.0. The molecule has 4 atom stereocenters. The van der Waals surface area contributed by atoms with Crippen molar-refractivity contribution in [1.82, 2.24) is 0 Å². The lowest BCUT2D eigenvalue weighted by molar-refractivity contribution is -0.218. The highest BCUT2D eigenvalue weighted by molar-refractivity contribution is 5.89. The Morgan fingerprint density at radius 1 is 1.28 bits per heavy atom. The van der Waals surface area contributed by atoms with Gasteiger partial charge in [-0.15, -0.1) is 6.58 Å². The van der Waals surface area contributed by atoms with Gasteiger partial charge in [0.1, 0.15) is 12.2 Å². The second-order valence-electron chi connectivity index (χ2n) is 6.52. The van der Waals surface area contributed by atoms with Crippen LogP contribution in [-0.4, -0.2) is 49.6 Å². The van der Waals surface area contributed by atoms with Gasteiger partial charge in [-0.1, -0.05) is 24.3 Å². The first kappa shape index (κ1) is 18.1. The Morgan fingerprint density at radius 2 is 2.04 bits per heavy atom. The van der Waals surface area contributed by atoms with E-state index < -0.39 is 12.1 Å². The number of hydrogen-bond donors (Lipinski definition) is 0. The van der Waals surface area contributed by atoms with Crippen molar-refractivity contribution in [3.8, 4) is 0 Å². The normalized spacial score (nSPS) is 30.0. The Labute approximate surface area is 147 Å². The fraction of sp³-hybridized carbons (Fsp3) is 0.526. The van der Waals surface area contributed by atoms with Crippen molar-refractivity contribution in [2.45, 2.75) is 50.7 Å². The SMILES string of the molecule is C=CCO[C@H]1[C@H]2OC(C)(C)O[C@H]2O[C@@H]1CCOC(=O)c1ccccc1. The Balaban J connectivity index is 1.54. The molecular formula is C19H24O6. The van der Waals surface area contributed by atoms with Gasteiger partial charge in [0.05, 0.1) is 24.9 Å². The molecule has 0 unspecified atom stereocenters. The van der Waals surface area contributed by atoms with Crippen LogP contribution in [0.4, 0.5) is 0 Å². The third kappa shape index (κ3) is 4.27. The first-order chi connectivity index (χ1) is 12.0. The summed E-state index contributed by atoms with van der Waals surface area (Å²) in [5.74, 6) is -1.05. The molecule has 136 valence electrons. The molecule has 0 aromatic heterocycles. The first-order valence-corrected chi connectivity index (χ1v) is 8.46. The summed E-state index contributed by atoms with van der Waals surface area (Å²) in [6.45, 7) is 7.98. The van der Waals surface area contributed by atoms with E-state index >= 15 is 0 Å². The average molecular weight is 348 g/mol. The second kappa shape index (κ2) is 7.66. The molecule has 6 heteroatoms. The second-order valence-corrected chi connectivity index (χ2v) is 6.52. The van der Waals surface area contributed by atoms with Crippen LogP contribution in [0.1, 0.15) is 30.6 Å². The summed E-state index contributed by atoms with van der Waals surface area (Å²) in [5, 5.41) is 0. The molecule has 6 nitrogen and oxygen atoms in total. The Hall–Kier alpha value is -1.73. The maximum atomic E-state index is 12.0. The van der Waals surface area contributed by atoms with Crippen molar-refractivity contribution in [2.24, 2.45) is 0 Å². The van der Waals surface area contributed by atoms with Gasteiger partial charge in [0.15, 0.2) is 12.1 Å². The molecule has 2 fully saturated rings. The van der Waals surface area contributed by atoms with Crippen LogP contribution in [0.2, 0.25) is 0 Å². The molecule has 2 saturated heterocycles. The van der Waals surface area contributed by atoms with Crippen LogP contribution < -0.4 is 0 Å². The molecule has 25 heavy (non-hydrogen) atoms. The molecule has 2 aliphatic rings. The molecule has 0 N–H and O–H groups in total. The van der Waals surface area contributed by atoms with Gasteiger partial charge < -0.3 is 23.7 Å². The van der Waals surface area contributed by atoms with E-state index in [0.29, 0.717) is 18.6 Å². The van der Waals surface area contributed by atoms with Crippen LogP contribution in [0.25, 0.3) is 0 Å². The fourth-order valence-corrected chi connectivity index (χ4v) is 3.09. The zero-order valence-corrected chi connectivity index (χ0v) is 14.6. The summed E-state index contributed by atoms with van der Waals surface area (Å²) >= 11 is 0. The summed E-state index contributed by atoms with van der Waals surface area (Å²) in [7, 11) is 0. The lowest BCUT2D eigenvalue weighted by atomic mass is 10.1. The molecule has 2 heterocycles. The minimum atomic E-state index is -0.699. The number of benzene rings is 1. The van der Waals surface area contributed by atoms with Crippen molar-refractivity contribution in [3.05, 3.63) is 48.6 Å². The van der Waals surface area contributed by atoms with Crippen LogP contribution in [0, 0.1) is 0 Å². The largest absolute Gasteiger partial charge is 0.462 e. The van der Waals surface area contributed by atoms with Gasteiger partial charge in [0, 0.05) is 6.42 Å². The number of fused-ring (bicyclic) bond motifs is 1. The molecule has 0 aliphatic carbocycles. The van der Waals surface area contributed by atoms with Crippen molar-refractivity contribution >= 4 is 5.97 Å². The molecule has 0 saturated carbocycles. The quantitative estimate of drug-likeness (QED) is 0.558. The van der Waals surface area contributed by atoms with Crippen LogP contribution in [-0.2, 0) is 23.7 Å². The van der Waals surface area contributed by atoms with E-state index in [1.807, 2.05) is 19.9 Å². The van der Waals surface area contributed by atoms with E-state index in [0.717, 1.165) is 0 Å². The number of carbonyl (C=O) groups excluding carboxylic acids is 1. The van der Waals surface area contributed by atoms with Gasteiger partial charge in [0.25, 0.3) is 0 Å². The predicted molar refractivity (Wildman–Crippen MR) is 90.0 cm³/mol. The molecule has 0 radical (unpaired) electrons. The Kier molecular flexibility index (Phi) is 5.54. The van der Waals surface area contributed by atoms with E-state index in [9.17, 15) is 4.79 Å². The van der Waals surface area contributed by atoms with E-state index in [2.05, 4.69) is 6.58 Å². The monoisotopic (exact) mass is 348 g/mol. The summed E-state index contributed by atoms with van der Waals surface area (Å²) in [6, 6.07) is 8.89. The van der Waals surface area contributed by atoms with Crippen LogP contribution >= 0.6 is 0 Å². The van der Waals surface area contributed by atoms with Gasteiger partial charge in [-0.3, -0.25) is 0 Å². The van der Waals surface area contributed by atoms with Gasteiger partial charge in [-0.25, -0.2) is 4.79 Å². The van der Waals surface area contributed by atoms with Crippen molar-refractivity contribution < 1.29 is 28.5 Å². The lowest BCUT2D eigenvalue weighted by Gasteiger charge is -2.25. The predicted octanol–water partition coefficient (Wildman–Crippen LogP) is 2.68. The molecule has 2 aliphatic heterocycles. The summed E-state index contributed by atoms with van der Waals surface area (Å²) in [6.07, 6.45) is 0.848. The molecule has 3 rings (SSSR count). The van der Waals surface area contributed by atoms with E-state index in [-0.39, 0.29) is 30.9 Å². The third-order valence-electron chi connectivity index (χ3n) is 4.14. The highest BCUT2D eigenvalue weighted by atomic mass is 16.8. The van der Waals surface area contributed by atoms with Crippen molar-refractivity contribution in [3.63, 3.8) is 0 Å². The Bertz CT molecular complexity index is 599. The summed E-state index contributed by atoms with van der Waals surface area (Å²) < 4.78 is 28.7. The van der Waals surface area contributed by atoms with E-state index in [4.69, 9.17) is 23.7 Å². The maximum Gasteiger partial charge on any atom is 0.338 e. The van der Waals surface area contributed by atoms with Crippen LogP contribution in [0.5, 0.6) is 0 Å². The molecular weight excluding hydrogens is 324 g/mol. The number of ether oxygens (including phenoxy) is 5. The topological polar surface area (TPSA) is 63.2 Å². The molecule has 0 spiro atoms. The lowest BCUT2D eigenvalue weighted by Crippen LogP contribution is -2.37. The van der Waals surface area contributed by atoms with Crippen molar-refractivity contribution in [2.75, 3.05) is 13.2 Å². The van der Waals surface area contributed by atoms with Gasteiger partial charge in [-0.05, 0) is 26.0 Å². The number of carbonyl (C=O) groups is 1. The van der Waals surface area contributed by atoms with E-state index in [1.54, 1.807) is 30.3 Å². The standard InChI is InChI=1S/C19H24O6/c1-4-11-21-15-14(23-18-16(15)24-19(2,3)25-18)10-12-22-17(20)13-8-6-5-7-9-13/h4-9,14-16,18H,1,10-12H2,2-3H3/t14-,15-,16-,18-/m1/s1. The molecule has 0 amide bonds. The molecule has 1 aromatic rings. The van der Waals surface area contributed by atoms with Gasteiger partial charge in [-0.2, -0.15) is 0 Å². The zero-order chi connectivity index (χ0) is 17.9. The third-order valence-corrected chi connectivity index (χ3v) is 4.14. The minimum Gasteiger partial charge on any atom is -0.462 e. The molecule has 0 bridgehead atoms. The highest BCUT2D eigenvalue weighted by Gasteiger charge is 2.55. The fourth-order valence-electron chi connectivity index (χ4n) is 3.09. The summed E-state index contributed by atoms with van der Waals surface area (Å²) in [4.78, 5) is 12.0. The number of rotatable bonds is 7. The Morgan fingerprint density at radius 3 is 2.76 bits per heavy atom. The first-order valence-electron chi connectivity index (χ1n) is 8.46. The highest BCUT2D eigenvalue weighted by Crippen LogP contribution is 2.39. The number of esters is 1. The number of hydrogen-bond acceptors (Lipinski definition) is 6. The van der Waals surface area contributed by atoms with Gasteiger partial charge >= 0.3 is 5.97 Å². The zero-order valence-electron chi connectivity index (χ0n) is 14.6. The van der Waals surface area contributed by atoms with E-state index in [1.165, 1.54) is 0 Å². The minimum absolute atomic E-state index is 0.231. The summed E-state index contributed by atoms with van der Waals surface area (Å²) in [5.41, 5.74) is 0.527. The van der Waals surface area contributed by atoms with Crippen LogP contribution in [0.3, 0.4) is 0 Å². The van der Waals surface area contributed by atoms with Crippen LogP contribution in [0.15, 0.2) is 43.0 Å². The van der Waals surface area contributed by atoms with Gasteiger partial charge in [0.2, 0.25) is 0 Å². The smallest absolute Gasteiger partial charge is 0.338 e. The molecule has 1 aromatic carbocycles. The average Bonchev–Trinajstić information content (AvgIpc) is 3.05.